The summed E-state index contributed by atoms with van der Waals surface area (Å²) >= 11 is 0. The number of hydrogen-bond donors (Lipinski definition) is 2. The highest BCUT2D eigenvalue weighted by atomic mass is 16.5. The van der Waals surface area contributed by atoms with Gasteiger partial charge in [0.2, 0.25) is 0 Å². The van der Waals surface area contributed by atoms with E-state index in [4.69, 9.17) is 14.9 Å². The van der Waals surface area contributed by atoms with Crippen molar-refractivity contribution in [2.24, 2.45) is 7.05 Å². The molecule has 0 saturated carbocycles. The number of aryl methyl sites for hydroxylation is 1. The topological polar surface area (TPSA) is 83.6 Å². The number of anilines is 1. The number of aliphatic hydroxyl groups excluding tert-OH is 1. The highest BCUT2D eigenvalue weighted by Gasteiger charge is 2.32. The number of aromatic nitrogens is 2. The van der Waals surface area contributed by atoms with E-state index >= 15 is 0 Å². The zero-order chi connectivity index (χ0) is 19.8. The van der Waals surface area contributed by atoms with Crippen LogP contribution in [-0.4, -0.2) is 40.8 Å². The molecule has 2 aromatic carbocycles. The molecule has 0 spiro atoms. The van der Waals surface area contributed by atoms with Gasteiger partial charge >= 0.3 is 0 Å². The number of fused-ring (bicyclic) bond motifs is 1. The van der Waals surface area contributed by atoms with Crippen molar-refractivity contribution in [2.45, 2.75) is 6.92 Å². The fraction of sp³-hybridized carbons (Fsp3) is 0.238. The standard InChI is InChI=1S/C21H22N4O3/c1-4-28-14-7-5-13(6-8-14)25-12-18(26)19(20(25)22)21-23-16-11-15(27-3)9-10-17(16)24(21)2/h5-11,22,26H,4,12H2,1-3H3. The van der Waals surface area contributed by atoms with Crippen LogP contribution in [0.5, 0.6) is 11.5 Å². The van der Waals surface area contributed by atoms with Crippen LogP contribution in [-0.2, 0) is 7.05 Å². The van der Waals surface area contributed by atoms with Crippen LogP contribution in [0.4, 0.5) is 5.69 Å². The number of benzene rings is 2. The molecule has 0 saturated heterocycles. The van der Waals surface area contributed by atoms with Gasteiger partial charge in [0.25, 0.3) is 0 Å². The third-order valence-electron chi connectivity index (χ3n) is 4.87. The first-order valence-electron chi connectivity index (χ1n) is 9.05. The SMILES string of the molecule is CCOc1ccc(N2CC(O)=C(c3nc4cc(OC)ccc4n3C)C2=N)cc1. The van der Waals surface area contributed by atoms with Crippen molar-refractivity contribution in [3.8, 4) is 11.5 Å². The summed E-state index contributed by atoms with van der Waals surface area (Å²) in [5.41, 5.74) is 2.91. The maximum Gasteiger partial charge on any atom is 0.148 e. The van der Waals surface area contributed by atoms with E-state index in [-0.39, 0.29) is 18.1 Å². The molecule has 3 aromatic rings. The molecule has 0 amide bonds. The van der Waals surface area contributed by atoms with Crippen LogP contribution in [0.15, 0.2) is 48.2 Å². The number of methoxy groups -OCH3 is 1. The lowest BCUT2D eigenvalue weighted by Crippen LogP contribution is -2.26. The van der Waals surface area contributed by atoms with Crippen LogP contribution < -0.4 is 14.4 Å². The molecule has 4 rings (SSSR count). The molecule has 0 fully saturated rings. The Hall–Kier alpha value is -3.48. The van der Waals surface area contributed by atoms with E-state index in [9.17, 15) is 5.11 Å². The van der Waals surface area contributed by atoms with Crippen molar-refractivity contribution in [1.29, 1.82) is 5.41 Å². The highest BCUT2D eigenvalue weighted by Crippen LogP contribution is 2.33. The van der Waals surface area contributed by atoms with E-state index in [2.05, 4.69) is 4.98 Å². The van der Waals surface area contributed by atoms with E-state index in [1.807, 2.05) is 61.0 Å². The summed E-state index contributed by atoms with van der Waals surface area (Å²) in [6.07, 6.45) is 0. The van der Waals surface area contributed by atoms with Crippen molar-refractivity contribution >= 4 is 28.1 Å². The second kappa shape index (κ2) is 6.92. The van der Waals surface area contributed by atoms with Gasteiger partial charge < -0.3 is 24.0 Å². The number of hydrogen-bond acceptors (Lipinski definition) is 5. The summed E-state index contributed by atoms with van der Waals surface area (Å²) in [7, 11) is 3.49. The predicted octanol–water partition coefficient (Wildman–Crippen LogP) is 3.75. The third-order valence-corrected chi connectivity index (χ3v) is 4.87. The minimum atomic E-state index is 0.129. The summed E-state index contributed by atoms with van der Waals surface area (Å²) in [5.74, 6) is 2.39. The second-order valence-electron chi connectivity index (χ2n) is 6.53. The zero-order valence-corrected chi connectivity index (χ0v) is 16.1. The Kier molecular flexibility index (Phi) is 4.43. The van der Waals surface area contributed by atoms with Gasteiger partial charge in [0.15, 0.2) is 0 Å². The summed E-state index contributed by atoms with van der Waals surface area (Å²) in [6.45, 7) is 2.77. The molecule has 0 unspecified atom stereocenters. The fourth-order valence-corrected chi connectivity index (χ4v) is 3.45. The first-order chi connectivity index (χ1) is 13.5. The van der Waals surface area contributed by atoms with Crippen LogP contribution in [0.25, 0.3) is 16.6 Å². The summed E-state index contributed by atoms with van der Waals surface area (Å²) < 4.78 is 12.6. The molecule has 0 aliphatic carbocycles. The van der Waals surface area contributed by atoms with Crippen molar-refractivity contribution in [2.75, 3.05) is 25.2 Å². The van der Waals surface area contributed by atoms with E-state index in [1.54, 1.807) is 12.0 Å². The molecule has 0 bridgehead atoms. The minimum Gasteiger partial charge on any atom is -0.509 e. The Balaban J connectivity index is 1.69. The molecule has 1 aromatic heterocycles. The zero-order valence-electron chi connectivity index (χ0n) is 16.1. The van der Waals surface area contributed by atoms with E-state index in [1.165, 1.54) is 0 Å². The summed E-state index contributed by atoms with van der Waals surface area (Å²) in [4.78, 5) is 6.40. The van der Waals surface area contributed by atoms with Crippen molar-refractivity contribution in [3.05, 3.63) is 54.0 Å². The number of rotatable bonds is 5. The third kappa shape index (κ3) is 2.85. The number of nitrogens with one attached hydrogen (secondary N) is 1. The number of amidine groups is 1. The van der Waals surface area contributed by atoms with Crippen LogP contribution in [0, 0.1) is 5.41 Å². The first kappa shape index (κ1) is 17.9. The van der Waals surface area contributed by atoms with E-state index in [0.29, 0.717) is 23.8 Å². The Bertz CT molecular complexity index is 1080. The molecule has 0 radical (unpaired) electrons. The average molecular weight is 378 g/mol. The average Bonchev–Trinajstić information content (AvgIpc) is 3.18. The monoisotopic (exact) mass is 378 g/mol. The molecule has 0 atom stereocenters. The lowest BCUT2D eigenvalue weighted by molar-refractivity contribution is 0.340. The first-order valence-corrected chi connectivity index (χ1v) is 9.05. The van der Waals surface area contributed by atoms with Crippen molar-refractivity contribution in [1.82, 2.24) is 9.55 Å². The smallest absolute Gasteiger partial charge is 0.148 e. The lowest BCUT2D eigenvalue weighted by Gasteiger charge is -2.19. The molecule has 7 nitrogen and oxygen atoms in total. The van der Waals surface area contributed by atoms with Crippen LogP contribution >= 0.6 is 0 Å². The summed E-state index contributed by atoms with van der Waals surface area (Å²) in [5, 5.41) is 19.3. The number of aliphatic hydroxyl groups is 1. The van der Waals surface area contributed by atoms with Crippen molar-refractivity contribution in [3.63, 3.8) is 0 Å². The second-order valence-corrected chi connectivity index (χ2v) is 6.53. The van der Waals surface area contributed by atoms with Crippen LogP contribution in [0.1, 0.15) is 12.7 Å². The van der Waals surface area contributed by atoms with Gasteiger partial charge in [-0.1, -0.05) is 0 Å². The fourth-order valence-electron chi connectivity index (χ4n) is 3.45. The van der Waals surface area contributed by atoms with E-state index < -0.39 is 0 Å². The maximum absolute atomic E-state index is 10.6. The largest absolute Gasteiger partial charge is 0.509 e. The maximum atomic E-state index is 10.6. The van der Waals surface area contributed by atoms with Gasteiger partial charge in [-0.05, 0) is 43.3 Å². The molecule has 1 aliphatic rings. The van der Waals surface area contributed by atoms with Gasteiger partial charge in [-0.2, -0.15) is 0 Å². The molecular weight excluding hydrogens is 356 g/mol. The predicted molar refractivity (Wildman–Crippen MR) is 109 cm³/mol. The van der Waals surface area contributed by atoms with Gasteiger partial charge in [-0.25, -0.2) is 4.98 Å². The molecule has 1 aliphatic heterocycles. The Labute approximate surface area is 162 Å². The van der Waals surface area contributed by atoms with Gasteiger partial charge in [-0.15, -0.1) is 0 Å². The molecule has 28 heavy (non-hydrogen) atoms. The minimum absolute atomic E-state index is 0.129. The van der Waals surface area contributed by atoms with Gasteiger partial charge in [-0.3, -0.25) is 5.41 Å². The lowest BCUT2D eigenvalue weighted by atomic mass is 10.2. The Morgan fingerprint density at radius 3 is 2.54 bits per heavy atom. The molecule has 2 N–H and O–H groups in total. The van der Waals surface area contributed by atoms with Crippen LogP contribution in [0.3, 0.4) is 0 Å². The number of imidazole rings is 1. The highest BCUT2D eigenvalue weighted by molar-refractivity contribution is 6.30. The Morgan fingerprint density at radius 1 is 1.14 bits per heavy atom. The molecule has 7 heteroatoms. The normalized spacial score (nSPS) is 14.2. The number of nitrogens with zero attached hydrogens (tertiary/aromatic N) is 3. The van der Waals surface area contributed by atoms with Gasteiger partial charge in [0.05, 0.1) is 36.9 Å². The van der Waals surface area contributed by atoms with Gasteiger partial charge in [0.1, 0.15) is 28.9 Å². The molecular formula is C21H22N4O3. The quantitative estimate of drug-likeness (QED) is 0.706. The van der Waals surface area contributed by atoms with E-state index in [0.717, 1.165) is 22.5 Å². The van der Waals surface area contributed by atoms with Crippen molar-refractivity contribution < 1.29 is 14.6 Å². The van der Waals surface area contributed by atoms with Crippen LogP contribution in [0.2, 0.25) is 0 Å². The molecule has 144 valence electrons. The van der Waals surface area contributed by atoms with Gasteiger partial charge in [0, 0.05) is 18.8 Å². The summed E-state index contributed by atoms with van der Waals surface area (Å²) in [6, 6.07) is 13.1. The molecule has 2 heterocycles. The number of ether oxygens (including phenoxy) is 2. The Morgan fingerprint density at radius 2 is 1.86 bits per heavy atom.